The van der Waals surface area contributed by atoms with Gasteiger partial charge in [-0.2, -0.15) is 0 Å². The number of benzene rings is 1. The molecule has 0 spiro atoms. The highest BCUT2D eigenvalue weighted by Crippen LogP contribution is 2.26. The van der Waals surface area contributed by atoms with E-state index < -0.39 is 38.9 Å². The summed E-state index contributed by atoms with van der Waals surface area (Å²) in [6.07, 6.45) is 2.20. The van der Waals surface area contributed by atoms with E-state index in [0.29, 0.717) is 38.5 Å². The van der Waals surface area contributed by atoms with Crippen LogP contribution in [0.5, 0.6) is 5.75 Å². The van der Waals surface area contributed by atoms with Crippen molar-refractivity contribution in [3.63, 3.8) is 0 Å². The number of phenolic OH excluding ortho intramolecular Hbond substituents is 1. The number of piperidine rings is 1. The molecule has 0 saturated carbocycles. The SMILES string of the molecule is CS(=O)(=O)NCC1CCN(C(=O)c2cc(F)cc(F)c2O)CC1. The van der Waals surface area contributed by atoms with Gasteiger partial charge < -0.3 is 10.0 Å². The zero-order valence-electron chi connectivity index (χ0n) is 12.6. The second-order valence-electron chi connectivity index (χ2n) is 5.64. The normalized spacial score (nSPS) is 16.6. The van der Waals surface area contributed by atoms with Crippen molar-refractivity contribution in [1.29, 1.82) is 0 Å². The van der Waals surface area contributed by atoms with Crippen molar-refractivity contribution in [2.75, 3.05) is 25.9 Å². The van der Waals surface area contributed by atoms with Gasteiger partial charge in [0.1, 0.15) is 5.82 Å². The molecular weight excluding hydrogens is 330 g/mol. The van der Waals surface area contributed by atoms with Crippen LogP contribution in [-0.2, 0) is 10.0 Å². The first-order chi connectivity index (χ1) is 10.7. The van der Waals surface area contributed by atoms with Gasteiger partial charge in [-0.3, -0.25) is 4.79 Å². The molecule has 128 valence electrons. The maximum atomic E-state index is 13.3. The molecule has 0 unspecified atom stereocenters. The zero-order valence-corrected chi connectivity index (χ0v) is 13.4. The molecule has 1 aromatic carbocycles. The number of halogens is 2. The predicted molar refractivity (Wildman–Crippen MR) is 79.5 cm³/mol. The molecule has 2 rings (SSSR count). The lowest BCUT2D eigenvalue weighted by Gasteiger charge is -2.32. The fourth-order valence-corrected chi connectivity index (χ4v) is 3.05. The van der Waals surface area contributed by atoms with Crippen molar-refractivity contribution < 1.29 is 27.1 Å². The Kier molecular flexibility index (Phi) is 5.20. The molecule has 6 nitrogen and oxygen atoms in total. The van der Waals surface area contributed by atoms with Gasteiger partial charge in [-0.1, -0.05) is 0 Å². The minimum Gasteiger partial charge on any atom is -0.504 e. The monoisotopic (exact) mass is 348 g/mol. The van der Waals surface area contributed by atoms with Gasteiger partial charge in [-0.05, 0) is 24.8 Å². The molecule has 1 aliphatic rings. The molecule has 1 aliphatic heterocycles. The summed E-state index contributed by atoms with van der Waals surface area (Å²) in [5.41, 5.74) is -0.407. The molecule has 9 heteroatoms. The number of rotatable bonds is 4. The molecular formula is C14H18F2N2O4S. The van der Waals surface area contributed by atoms with E-state index in [4.69, 9.17) is 0 Å². The Morgan fingerprint density at radius 3 is 2.52 bits per heavy atom. The second kappa shape index (κ2) is 6.79. The maximum absolute atomic E-state index is 13.3. The number of carbonyl (C=O) groups is 1. The Labute approximate surface area is 133 Å². The van der Waals surface area contributed by atoms with Crippen molar-refractivity contribution in [3.05, 3.63) is 29.3 Å². The average molecular weight is 348 g/mol. The van der Waals surface area contributed by atoms with Crippen LogP contribution in [0.3, 0.4) is 0 Å². The molecule has 2 N–H and O–H groups in total. The second-order valence-corrected chi connectivity index (χ2v) is 7.47. The summed E-state index contributed by atoms with van der Waals surface area (Å²) in [5, 5.41) is 9.58. The lowest BCUT2D eigenvalue weighted by Crippen LogP contribution is -2.41. The number of nitrogens with zero attached hydrogens (tertiary/aromatic N) is 1. The third-order valence-corrected chi connectivity index (χ3v) is 4.49. The summed E-state index contributed by atoms with van der Waals surface area (Å²) in [4.78, 5) is 13.7. The number of carbonyl (C=O) groups excluding carboxylic acids is 1. The summed E-state index contributed by atoms with van der Waals surface area (Å²) >= 11 is 0. The standard InChI is InChI=1S/C14H18F2N2O4S/c1-23(21,22)17-8-9-2-4-18(5-3-9)14(20)11-6-10(15)7-12(16)13(11)19/h6-7,9,17,19H,2-5,8H2,1H3. The predicted octanol–water partition coefficient (Wildman–Crippen LogP) is 1.07. The smallest absolute Gasteiger partial charge is 0.257 e. The molecule has 0 atom stereocenters. The molecule has 1 fully saturated rings. The first-order valence-corrected chi connectivity index (χ1v) is 8.98. The topological polar surface area (TPSA) is 86.7 Å². The maximum Gasteiger partial charge on any atom is 0.257 e. The van der Waals surface area contributed by atoms with Crippen molar-refractivity contribution in [3.8, 4) is 5.75 Å². The van der Waals surface area contributed by atoms with Crippen molar-refractivity contribution in [2.45, 2.75) is 12.8 Å². The van der Waals surface area contributed by atoms with Gasteiger partial charge in [0.25, 0.3) is 5.91 Å². The van der Waals surface area contributed by atoms with E-state index in [0.717, 1.165) is 12.3 Å². The Balaban J connectivity index is 1.99. The molecule has 1 saturated heterocycles. The van der Waals surface area contributed by atoms with Gasteiger partial charge in [0.15, 0.2) is 11.6 Å². The molecule has 0 aliphatic carbocycles. The van der Waals surface area contributed by atoms with Crippen LogP contribution in [-0.4, -0.2) is 50.2 Å². The summed E-state index contributed by atoms with van der Waals surface area (Å²) in [7, 11) is -3.26. The highest BCUT2D eigenvalue weighted by Gasteiger charge is 2.27. The minimum atomic E-state index is -3.26. The van der Waals surface area contributed by atoms with Gasteiger partial charge in [0.2, 0.25) is 10.0 Å². The van der Waals surface area contributed by atoms with Crippen LogP contribution >= 0.6 is 0 Å². The van der Waals surface area contributed by atoms with Crippen molar-refractivity contribution in [1.82, 2.24) is 9.62 Å². The molecule has 1 aromatic rings. The zero-order chi connectivity index (χ0) is 17.2. The van der Waals surface area contributed by atoms with Crippen molar-refractivity contribution >= 4 is 15.9 Å². The number of hydrogen-bond donors (Lipinski definition) is 2. The number of amides is 1. The van der Waals surface area contributed by atoms with Crippen LogP contribution in [0.4, 0.5) is 8.78 Å². The lowest BCUT2D eigenvalue weighted by molar-refractivity contribution is 0.0687. The number of hydrogen-bond acceptors (Lipinski definition) is 4. The molecule has 0 radical (unpaired) electrons. The van der Waals surface area contributed by atoms with E-state index in [1.54, 1.807) is 0 Å². The van der Waals surface area contributed by atoms with E-state index in [9.17, 15) is 27.1 Å². The van der Waals surface area contributed by atoms with Crippen LogP contribution in [0.2, 0.25) is 0 Å². The van der Waals surface area contributed by atoms with Gasteiger partial charge >= 0.3 is 0 Å². The Bertz CT molecular complexity index is 701. The molecule has 23 heavy (non-hydrogen) atoms. The lowest BCUT2D eigenvalue weighted by atomic mass is 9.96. The minimum absolute atomic E-state index is 0.0895. The first kappa shape index (κ1) is 17.6. The summed E-state index contributed by atoms with van der Waals surface area (Å²) in [6.45, 7) is 0.944. The van der Waals surface area contributed by atoms with E-state index in [1.807, 2.05) is 0 Å². The Morgan fingerprint density at radius 1 is 1.35 bits per heavy atom. The van der Waals surface area contributed by atoms with E-state index >= 15 is 0 Å². The van der Waals surface area contributed by atoms with E-state index in [1.165, 1.54) is 4.90 Å². The van der Waals surface area contributed by atoms with Crippen LogP contribution in [0, 0.1) is 17.6 Å². The highest BCUT2D eigenvalue weighted by atomic mass is 32.2. The highest BCUT2D eigenvalue weighted by molar-refractivity contribution is 7.88. The Morgan fingerprint density at radius 2 is 1.96 bits per heavy atom. The molecule has 1 amide bonds. The van der Waals surface area contributed by atoms with Crippen LogP contribution in [0.25, 0.3) is 0 Å². The summed E-state index contributed by atoms with van der Waals surface area (Å²) in [6, 6.07) is 1.31. The summed E-state index contributed by atoms with van der Waals surface area (Å²) < 4.78 is 51.1. The van der Waals surface area contributed by atoms with E-state index in [2.05, 4.69) is 4.72 Å². The number of aromatic hydroxyl groups is 1. The molecule has 0 aromatic heterocycles. The third kappa shape index (κ3) is 4.61. The number of likely N-dealkylation sites (tertiary alicyclic amines) is 1. The van der Waals surface area contributed by atoms with Gasteiger partial charge in [-0.15, -0.1) is 0 Å². The number of nitrogens with one attached hydrogen (secondary N) is 1. The van der Waals surface area contributed by atoms with Crippen molar-refractivity contribution in [2.24, 2.45) is 5.92 Å². The number of sulfonamides is 1. The van der Waals surface area contributed by atoms with Gasteiger partial charge in [0.05, 0.1) is 11.8 Å². The summed E-state index contributed by atoms with van der Waals surface area (Å²) in [5.74, 6) is -3.53. The third-order valence-electron chi connectivity index (χ3n) is 3.79. The van der Waals surface area contributed by atoms with Gasteiger partial charge in [-0.25, -0.2) is 21.9 Å². The number of phenols is 1. The van der Waals surface area contributed by atoms with Crippen LogP contribution in [0.1, 0.15) is 23.2 Å². The fourth-order valence-electron chi connectivity index (χ4n) is 2.51. The van der Waals surface area contributed by atoms with E-state index in [-0.39, 0.29) is 5.92 Å². The van der Waals surface area contributed by atoms with Gasteiger partial charge in [0, 0.05) is 25.7 Å². The fraction of sp³-hybridized carbons (Fsp3) is 0.500. The molecule has 1 heterocycles. The largest absolute Gasteiger partial charge is 0.504 e. The van der Waals surface area contributed by atoms with Crippen LogP contribution in [0.15, 0.2) is 12.1 Å². The average Bonchev–Trinajstić information content (AvgIpc) is 2.48. The first-order valence-electron chi connectivity index (χ1n) is 7.09. The quantitative estimate of drug-likeness (QED) is 0.852. The molecule has 0 bridgehead atoms. The Hall–Kier alpha value is -1.74. The van der Waals surface area contributed by atoms with Crippen LogP contribution < -0.4 is 4.72 Å².